The molecule has 4 nitrogen and oxygen atoms in total. The molecule has 1 aromatic rings. The van der Waals surface area contributed by atoms with Gasteiger partial charge in [-0.25, -0.2) is 4.98 Å². The number of unbranched alkanes of at least 4 members (excludes halogenated alkanes) is 1. The highest BCUT2D eigenvalue weighted by Gasteiger charge is 2.00. The Morgan fingerprint density at radius 1 is 1.29 bits per heavy atom. The highest BCUT2D eigenvalue weighted by molar-refractivity contribution is 5.08. The number of nitrogens with zero attached hydrogens (tertiary/aromatic N) is 2. The molecule has 1 N–H and O–H groups in total. The molecule has 0 aliphatic carbocycles. The molecule has 0 aliphatic rings. The van der Waals surface area contributed by atoms with Gasteiger partial charge in [0.25, 0.3) is 0 Å². The van der Waals surface area contributed by atoms with Crippen LogP contribution in [0.2, 0.25) is 0 Å². The fourth-order valence-corrected chi connectivity index (χ4v) is 1.59. The van der Waals surface area contributed by atoms with Gasteiger partial charge in [-0.15, -0.1) is 0 Å². The molecule has 0 saturated carbocycles. The summed E-state index contributed by atoms with van der Waals surface area (Å²) in [7, 11) is 0. The molecule has 98 valence electrons. The van der Waals surface area contributed by atoms with E-state index in [0.29, 0.717) is 0 Å². The molecule has 1 aromatic heterocycles. The van der Waals surface area contributed by atoms with Crippen LogP contribution in [0.4, 0.5) is 0 Å². The first-order chi connectivity index (χ1) is 8.25. The van der Waals surface area contributed by atoms with Crippen LogP contribution < -0.4 is 5.32 Å². The Bertz CT molecular complexity index is 310. The van der Waals surface area contributed by atoms with E-state index in [-0.39, 0.29) is 0 Å². The third-order valence-corrected chi connectivity index (χ3v) is 2.94. The minimum atomic E-state index is 0.807. The zero-order valence-electron chi connectivity index (χ0n) is 11.3. The predicted octanol–water partition coefficient (Wildman–Crippen LogP) is 1.91. The minimum Gasteiger partial charge on any atom is -0.380 e. The lowest BCUT2D eigenvalue weighted by atomic mass is 10.4. The zero-order valence-corrected chi connectivity index (χ0v) is 11.3. The molecule has 0 aromatic carbocycles. The van der Waals surface area contributed by atoms with Gasteiger partial charge >= 0.3 is 0 Å². The van der Waals surface area contributed by atoms with Crippen molar-refractivity contribution in [2.75, 3.05) is 26.3 Å². The van der Waals surface area contributed by atoms with E-state index < -0.39 is 0 Å². The monoisotopic (exact) mass is 239 g/mol. The summed E-state index contributed by atoms with van der Waals surface area (Å²) in [5.74, 6) is 0. The Labute approximate surface area is 104 Å². The maximum atomic E-state index is 5.47. The maximum absolute atomic E-state index is 5.47. The summed E-state index contributed by atoms with van der Waals surface area (Å²) >= 11 is 0. The van der Waals surface area contributed by atoms with E-state index in [1.165, 1.54) is 12.1 Å². The molecule has 0 saturated heterocycles. The van der Waals surface area contributed by atoms with Gasteiger partial charge in [0, 0.05) is 31.9 Å². The van der Waals surface area contributed by atoms with E-state index in [9.17, 15) is 0 Å². The van der Waals surface area contributed by atoms with Crippen molar-refractivity contribution in [3.63, 3.8) is 0 Å². The molecule has 0 bridgehead atoms. The Morgan fingerprint density at radius 3 is 2.76 bits per heavy atom. The van der Waals surface area contributed by atoms with Gasteiger partial charge in [-0.05, 0) is 20.3 Å². The number of aryl methyl sites for hydroxylation is 1. The van der Waals surface area contributed by atoms with E-state index in [2.05, 4.69) is 28.7 Å². The summed E-state index contributed by atoms with van der Waals surface area (Å²) < 4.78 is 7.65. The van der Waals surface area contributed by atoms with Crippen LogP contribution in [0.5, 0.6) is 0 Å². The van der Waals surface area contributed by atoms with Crippen molar-refractivity contribution in [1.29, 1.82) is 0 Å². The second-order valence-corrected chi connectivity index (χ2v) is 4.32. The fourth-order valence-electron chi connectivity index (χ4n) is 1.59. The third kappa shape index (κ3) is 5.33. The van der Waals surface area contributed by atoms with E-state index in [1.54, 1.807) is 0 Å². The SMILES string of the molecule is CCCCOCCNCCn1cnc(C)c1C. The molecule has 0 fully saturated rings. The lowest BCUT2D eigenvalue weighted by Gasteiger charge is -2.07. The van der Waals surface area contributed by atoms with Gasteiger partial charge in [-0.1, -0.05) is 13.3 Å². The number of aromatic nitrogens is 2. The van der Waals surface area contributed by atoms with Crippen LogP contribution in [0, 0.1) is 13.8 Å². The van der Waals surface area contributed by atoms with Crippen LogP contribution in [-0.4, -0.2) is 35.9 Å². The average Bonchev–Trinajstić information content (AvgIpc) is 2.64. The molecule has 0 amide bonds. The molecule has 4 heteroatoms. The van der Waals surface area contributed by atoms with Crippen LogP contribution in [-0.2, 0) is 11.3 Å². The van der Waals surface area contributed by atoms with E-state index in [1.807, 2.05) is 13.3 Å². The largest absolute Gasteiger partial charge is 0.380 e. The molecule has 0 aliphatic heterocycles. The summed E-state index contributed by atoms with van der Waals surface area (Å²) in [5.41, 5.74) is 2.37. The highest BCUT2D eigenvalue weighted by Crippen LogP contribution is 2.02. The third-order valence-electron chi connectivity index (χ3n) is 2.94. The van der Waals surface area contributed by atoms with Crippen LogP contribution in [0.15, 0.2) is 6.33 Å². The number of imidazole rings is 1. The molecular weight excluding hydrogens is 214 g/mol. The van der Waals surface area contributed by atoms with Crippen molar-refractivity contribution < 1.29 is 4.74 Å². The minimum absolute atomic E-state index is 0.807. The Hall–Kier alpha value is -0.870. The summed E-state index contributed by atoms with van der Waals surface area (Å²) in [6, 6.07) is 0. The average molecular weight is 239 g/mol. The van der Waals surface area contributed by atoms with E-state index in [0.717, 1.165) is 45.0 Å². The molecule has 17 heavy (non-hydrogen) atoms. The molecular formula is C13H25N3O. The van der Waals surface area contributed by atoms with Crippen molar-refractivity contribution in [2.24, 2.45) is 0 Å². The lowest BCUT2D eigenvalue weighted by molar-refractivity contribution is 0.133. The number of nitrogens with one attached hydrogen (secondary N) is 1. The highest BCUT2D eigenvalue weighted by atomic mass is 16.5. The van der Waals surface area contributed by atoms with Gasteiger partial charge < -0.3 is 14.6 Å². The first kappa shape index (κ1) is 14.2. The van der Waals surface area contributed by atoms with Gasteiger partial charge in [0.05, 0.1) is 18.6 Å². The van der Waals surface area contributed by atoms with Crippen LogP contribution in [0.1, 0.15) is 31.2 Å². The predicted molar refractivity (Wildman–Crippen MR) is 70.3 cm³/mol. The van der Waals surface area contributed by atoms with Gasteiger partial charge in [0.1, 0.15) is 0 Å². The number of hydrogen-bond donors (Lipinski definition) is 1. The van der Waals surface area contributed by atoms with E-state index >= 15 is 0 Å². The second kappa shape index (κ2) is 8.25. The van der Waals surface area contributed by atoms with Crippen molar-refractivity contribution in [2.45, 2.75) is 40.2 Å². The number of hydrogen-bond acceptors (Lipinski definition) is 3. The summed E-state index contributed by atoms with van der Waals surface area (Å²) in [5, 5.41) is 3.37. The number of ether oxygens (including phenoxy) is 1. The van der Waals surface area contributed by atoms with Gasteiger partial charge in [-0.3, -0.25) is 0 Å². The van der Waals surface area contributed by atoms with Crippen molar-refractivity contribution in [3.8, 4) is 0 Å². The Kier molecular flexibility index (Phi) is 6.89. The van der Waals surface area contributed by atoms with E-state index in [4.69, 9.17) is 4.74 Å². The van der Waals surface area contributed by atoms with Gasteiger partial charge in [0.15, 0.2) is 0 Å². The Morgan fingerprint density at radius 2 is 2.12 bits per heavy atom. The van der Waals surface area contributed by atoms with Crippen molar-refractivity contribution >= 4 is 0 Å². The van der Waals surface area contributed by atoms with Gasteiger partial charge in [-0.2, -0.15) is 0 Å². The summed E-state index contributed by atoms with van der Waals surface area (Å²) in [6.45, 7) is 10.9. The fraction of sp³-hybridized carbons (Fsp3) is 0.769. The summed E-state index contributed by atoms with van der Waals surface area (Å²) in [4.78, 5) is 4.28. The quantitative estimate of drug-likeness (QED) is 0.669. The number of rotatable bonds is 9. The smallest absolute Gasteiger partial charge is 0.0951 e. The van der Waals surface area contributed by atoms with Crippen LogP contribution in [0.3, 0.4) is 0 Å². The standard InChI is InChI=1S/C13H25N3O/c1-4-5-9-17-10-7-14-6-8-16-11-15-12(2)13(16)3/h11,14H,4-10H2,1-3H3. The van der Waals surface area contributed by atoms with Gasteiger partial charge in [0.2, 0.25) is 0 Å². The van der Waals surface area contributed by atoms with Crippen molar-refractivity contribution in [1.82, 2.24) is 14.9 Å². The maximum Gasteiger partial charge on any atom is 0.0951 e. The Balaban J connectivity index is 1.99. The van der Waals surface area contributed by atoms with Crippen LogP contribution >= 0.6 is 0 Å². The molecule has 0 unspecified atom stereocenters. The first-order valence-corrected chi connectivity index (χ1v) is 6.52. The molecule has 1 heterocycles. The molecule has 0 spiro atoms. The second-order valence-electron chi connectivity index (χ2n) is 4.32. The van der Waals surface area contributed by atoms with Crippen LogP contribution in [0.25, 0.3) is 0 Å². The normalized spacial score (nSPS) is 11.0. The molecule has 1 rings (SSSR count). The zero-order chi connectivity index (χ0) is 12.5. The lowest BCUT2D eigenvalue weighted by Crippen LogP contribution is -2.24. The first-order valence-electron chi connectivity index (χ1n) is 6.52. The molecule has 0 atom stereocenters. The topological polar surface area (TPSA) is 39.1 Å². The summed E-state index contributed by atoms with van der Waals surface area (Å²) in [6.07, 6.45) is 4.27. The van der Waals surface area contributed by atoms with Crippen molar-refractivity contribution in [3.05, 3.63) is 17.7 Å². The molecule has 0 radical (unpaired) electrons.